The van der Waals surface area contributed by atoms with Gasteiger partial charge >= 0.3 is 0 Å². The molecule has 1 N–H and O–H groups in total. The highest BCUT2D eigenvalue weighted by Gasteiger charge is 2.26. The molecule has 0 atom stereocenters. The lowest BCUT2D eigenvalue weighted by Gasteiger charge is -2.07. The van der Waals surface area contributed by atoms with E-state index in [1.54, 1.807) is 42.7 Å². The zero-order valence-electron chi connectivity index (χ0n) is 13.9. The highest BCUT2D eigenvalue weighted by molar-refractivity contribution is 7.10. The maximum Gasteiger partial charge on any atom is 0.255 e. The fourth-order valence-corrected chi connectivity index (χ4v) is 3.61. The Morgan fingerprint density at radius 2 is 1.84 bits per heavy atom. The Balaban J connectivity index is 1.44. The predicted octanol–water partition coefficient (Wildman–Crippen LogP) is 4.95. The fourth-order valence-electron chi connectivity index (χ4n) is 2.61. The second kappa shape index (κ2) is 6.69. The predicted molar refractivity (Wildman–Crippen MR) is 100 cm³/mol. The normalized spacial score (nSPS) is 13.5. The third kappa shape index (κ3) is 3.56. The summed E-state index contributed by atoms with van der Waals surface area (Å²) in [4.78, 5) is 17.0. The summed E-state index contributed by atoms with van der Waals surface area (Å²) in [7, 11) is 1.60. The van der Waals surface area contributed by atoms with Crippen molar-refractivity contribution in [1.82, 2.24) is 4.98 Å². The van der Waals surface area contributed by atoms with Gasteiger partial charge in [-0.15, -0.1) is 11.3 Å². The van der Waals surface area contributed by atoms with Crippen molar-refractivity contribution in [2.45, 2.75) is 18.8 Å². The first-order valence-electron chi connectivity index (χ1n) is 8.24. The second-order valence-electron chi connectivity index (χ2n) is 6.11. The second-order valence-corrected chi connectivity index (χ2v) is 6.99. The first-order chi connectivity index (χ1) is 12.2. The zero-order chi connectivity index (χ0) is 17.2. The Morgan fingerprint density at radius 1 is 1.12 bits per heavy atom. The van der Waals surface area contributed by atoms with Crippen LogP contribution in [0.3, 0.4) is 0 Å². The van der Waals surface area contributed by atoms with Crippen molar-refractivity contribution in [3.8, 4) is 17.0 Å². The molecule has 5 heteroatoms. The number of benzene rings is 2. The average molecular weight is 350 g/mol. The standard InChI is InChI=1S/C20H18N2O2S/c1-24-17-10-6-14(7-11-17)19(23)21-16-8-4-13(5-9-16)18-12-25-20(22-18)15-2-3-15/h4-12,15H,2-3H2,1H3,(H,21,23). The van der Waals surface area contributed by atoms with Crippen LogP contribution in [-0.2, 0) is 0 Å². The Kier molecular flexibility index (Phi) is 4.24. The van der Waals surface area contributed by atoms with E-state index in [9.17, 15) is 4.79 Å². The molecule has 0 unspecified atom stereocenters. The number of carbonyl (C=O) groups is 1. The Labute approximate surface area is 150 Å². The fraction of sp³-hybridized carbons (Fsp3) is 0.200. The molecule has 126 valence electrons. The lowest BCUT2D eigenvalue weighted by Crippen LogP contribution is -2.11. The van der Waals surface area contributed by atoms with E-state index in [4.69, 9.17) is 9.72 Å². The smallest absolute Gasteiger partial charge is 0.255 e. The Bertz CT molecular complexity index is 881. The third-order valence-corrected chi connectivity index (χ3v) is 5.25. The number of nitrogens with zero attached hydrogens (tertiary/aromatic N) is 1. The van der Waals surface area contributed by atoms with Gasteiger partial charge in [-0.3, -0.25) is 4.79 Å². The van der Waals surface area contributed by atoms with E-state index < -0.39 is 0 Å². The molecular weight excluding hydrogens is 332 g/mol. The van der Waals surface area contributed by atoms with E-state index in [2.05, 4.69) is 10.7 Å². The molecule has 0 aliphatic heterocycles. The minimum Gasteiger partial charge on any atom is -0.497 e. The third-order valence-electron chi connectivity index (χ3n) is 4.24. The Morgan fingerprint density at radius 3 is 2.48 bits per heavy atom. The molecule has 3 aromatic rings. The van der Waals surface area contributed by atoms with E-state index in [0.717, 1.165) is 22.7 Å². The van der Waals surface area contributed by atoms with Crippen LogP contribution in [-0.4, -0.2) is 18.0 Å². The molecule has 1 aliphatic rings. The van der Waals surface area contributed by atoms with E-state index in [1.807, 2.05) is 24.3 Å². The van der Waals surface area contributed by atoms with Gasteiger partial charge in [0.25, 0.3) is 5.91 Å². The maximum atomic E-state index is 12.3. The quantitative estimate of drug-likeness (QED) is 0.708. The number of amides is 1. The van der Waals surface area contributed by atoms with Gasteiger partial charge in [-0.05, 0) is 49.2 Å². The number of hydrogen-bond donors (Lipinski definition) is 1. The molecule has 1 amide bonds. The van der Waals surface area contributed by atoms with Crippen LogP contribution < -0.4 is 10.1 Å². The first-order valence-corrected chi connectivity index (χ1v) is 9.12. The molecule has 0 radical (unpaired) electrons. The van der Waals surface area contributed by atoms with Gasteiger partial charge in [-0.2, -0.15) is 0 Å². The van der Waals surface area contributed by atoms with Gasteiger partial charge in [0, 0.05) is 28.1 Å². The minimum atomic E-state index is -0.139. The SMILES string of the molecule is COc1ccc(C(=O)Nc2ccc(-c3csc(C4CC4)n3)cc2)cc1. The van der Waals surface area contributed by atoms with Crippen LogP contribution in [0.25, 0.3) is 11.3 Å². The molecule has 2 aromatic carbocycles. The maximum absolute atomic E-state index is 12.3. The van der Waals surface area contributed by atoms with Gasteiger partial charge in [0.2, 0.25) is 0 Å². The lowest BCUT2D eigenvalue weighted by molar-refractivity contribution is 0.102. The number of thiazole rings is 1. The summed E-state index contributed by atoms with van der Waals surface area (Å²) in [5.74, 6) is 1.27. The van der Waals surface area contributed by atoms with Crippen LogP contribution in [0.2, 0.25) is 0 Å². The molecule has 0 bridgehead atoms. The summed E-state index contributed by atoms with van der Waals surface area (Å²) >= 11 is 1.74. The number of rotatable bonds is 5. The summed E-state index contributed by atoms with van der Waals surface area (Å²) in [6.45, 7) is 0. The van der Waals surface area contributed by atoms with Crippen LogP contribution in [0.4, 0.5) is 5.69 Å². The van der Waals surface area contributed by atoms with Crippen molar-refractivity contribution in [2.75, 3.05) is 12.4 Å². The summed E-state index contributed by atoms with van der Waals surface area (Å²) < 4.78 is 5.11. The molecule has 1 fully saturated rings. The molecule has 0 saturated heterocycles. The summed E-state index contributed by atoms with van der Waals surface area (Å²) in [6, 6.07) is 14.9. The number of anilines is 1. The van der Waals surface area contributed by atoms with Crippen molar-refractivity contribution in [2.24, 2.45) is 0 Å². The van der Waals surface area contributed by atoms with Crippen molar-refractivity contribution >= 4 is 22.9 Å². The highest BCUT2D eigenvalue weighted by atomic mass is 32.1. The summed E-state index contributed by atoms with van der Waals surface area (Å²) in [5, 5.41) is 6.26. The zero-order valence-corrected chi connectivity index (χ0v) is 14.7. The topological polar surface area (TPSA) is 51.2 Å². The molecular formula is C20H18N2O2S. The highest BCUT2D eigenvalue weighted by Crippen LogP contribution is 2.42. The van der Waals surface area contributed by atoms with Crippen LogP contribution in [0.5, 0.6) is 5.75 Å². The molecule has 25 heavy (non-hydrogen) atoms. The van der Waals surface area contributed by atoms with E-state index in [-0.39, 0.29) is 5.91 Å². The van der Waals surface area contributed by atoms with E-state index in [0.29, 0.717) is 11.5 Å². The first kappa shape index (κ1) is 15.8. The van der Waals surface area contributed by atoms with Crippen molar-refractivity contribution in [3.63, 3.8) is 0 Å². The van der Waals surface area contributed by atoms with Gasteiger partial charge in [0.1, 0.15) is 5.75 Å². The number of methoxy groups -OCH3 is 1. The molecule has 1 saturated carbocycles. The van der Waals surface area contributed by atoms with E-state index >= 15 is 0 Å². The minimum absolute atomic E-state index is 0.139. The molecule has 4 nitrogen and oxygen atoms in total. The number of carbonyl (C=O) groups excluding carboxylic acids is 1. The number of ether oxygens (including phenoxy) is 1. The van der Waals surface area contributed by atoms with Crippen molar-refractivity contribution < 1.29 is 9.53 Å². The monoisotopic (exact) mass is 350 g/mol. The van der Waals surface area contributed by atoms with E-state index in [1.165, 1.54) is 17.8 Å². The van der Waals surface area contributed by atoms with Crippen molar-refractivity contribution in [1.29, 1.82) is 0 Å². The number of hydrogen-bond acceptors (Lipinski definition) is 4. The van der Waals surface area contributed by atoms with Gasteiger partial charge < -0.3 is 10.1 Å². The van der Waals surface area contributed by atoms with Crippen LogP contribution in [0.1, 0.15) is 34.1 Å². The summed E-state index contributed by atoms with van der Waals surface area (Å²) in [6.07, 6.45) is 2.53. The van der Waals surface area contributed by atoms with Gasteiger partial charge in [0.15, 0.2) is 0 Å². The van der Waals surface area contributed by atoms with Gasteiger partial charge in [-0.25, -0.2) is 4.98 Å². The van der Waals surface area contributed by atoms with Crippen LogP contribution in [0.15, 0.2) is 53.9 Å². The van der Waals surface area contributed by atoms with Crippen LogP contribution >= 0.6 is 11.3 Å². The molecule has 0 spiro atoms. The number of aromatic nitrogens is 1. The molecule has 1 heterocycles. The molecule has 4 rings (SSSR count). The number of nitrogens with one attached hydrogen (secondary N) is 1. The molecule has 1 aliphatic carbocycles. The van der Waals surface area contributed by atoms with Gasteiger partial charge in [0.05, 0.1) is 17.8 Å². The lowest BCUT2D eigenvalue weighted by atomic mass is 10.1. The average Bonchev–Trinajstić information content (AvgIpc) is 3.39. The largest absolute Gasteiger partial charge is 0.497 e. The van der Waals surface area contributed by atoms with Crippen molar-refractivity contribution in [3.05, 3.63) is 64.5 Å². The summed E-state index contributed by atoms with van der Waals surface area (Å²) in [5.41, 5.74) is 3.45. The van der Waals surface area contributed by atoms with Crippen LogP contribution in [0, 0.1) is 0 Å². The van der Waals surface area contributed by atoms with Gasteiger partial charge in [-0.1, -0.05) is 12.1 Å². The Hall–Kier alpha value is -2.66. The molecule has 1 aromatic heterocycles.